The Hall–Kier alpha value is -1.85. The minimum absolute atomic E-state index is 0.101. The molecule has 0 spiro atoms. The average molecular weight is 297 g/mol. The molecule has 0 bridgehead atoms. The predicted octanol–water partition coefficient (Wildman–Crippen LogP) is 3.17. The summed E-state index contributed by atoms with van der Waals surface area (Å²) in [5.41, 5.74) is 6.34. The third kappa shape index (κ3) is 3.33. The van der Waals surface area contributed by atoms with Crippen LogP contribution in [0.3, 0.4) is 0 Å². The van der Waals surface area contributed by atoms with Gasteiger partial charge in [-0.25, -0.2) is 4.98 Å². The fourth-order valence-corrected chi connectivity index (χ4v) is 1.66. The third-order valence-corrected chi connectivity index (χ3v) is 2.95. The molecule has 3 N–H and O–H groups in total. The summed E-state index contributed by atoms with van der Waals surface area (Å²) >= 11 is 11.7. The van der Waals surface area contributed by atoms with Crippen LogP contribution < -0.4 is 10.5 Å². The number of nitrogen functional groups attached to an aromatic ring is 1. The van der Waals surface area contributed by atoms with Crippen molar-refractivity contribution in [3.05, 3.63) is 45.7 Å². The van der Waals surface area contributed by atoms with E-state index < -0.39 is 0 Å². The highest BCUT2D eigenvalue weighted by Gasteiger charge is 2.08. The smallest absolute Gasteiger partial charge is 0.322 e. The molecular formula is C12H10Cl2N4O. The maximum Gasteiger partial charge on any atom is 0.322 e. The Morgan fingerprint density at radius 1 is 1.21 bits per heavy atom. The molecule has 0 amide bonds. The van der Waals surface area contributed by atoms with E-state index in [1.54, 1.807) is 31.2 Å². The molecule has 0 atom stereocenters. The topological polar surface area (TPSA) is 84.9 Å². The van der Waals surface area contributed by atoms with Crippen molar-refractivity contribution in [3.8, 4) is 11.8 Å². The molecule has 0 aliphatic rings. The standard InChI is InChI=1S/C12H10Cl2N4O/c1-6-4-10(11(15)16)18-12(17-6)19-7-2-3-8(13)9(14)5-7/h2-5H,1H3,(H3,15,16). The van der Waals surface area contributed by atoms with Crippen LogP contribution in [-0.4, -0.2) is 15.8 Å². The fraction of sp³-hybridized carbons (Fsp3) is 0.0833. The second kappa shape index (κ2) is 5.42. The van der Waals surface area contributed by atoms with Gasteiger partial charge in [-0.3, -0.25) is 5.41 Å². The zero-order chi connectivity index (χ0) is 14.0. The molecule has 0 aliphatic heterocycles. The van der Waals surface area contributed by atoms with Gasteiger partial charge in [-0.05, 0) is 25.1 Å². The Morgan fingerprint density at radius 2 is 1.95 bits per heavy atom. The van der Waals surface area contributed by atoms with Crippen LogP contribution >= 0.6 is 23.2 Å². The average Bonchev–Trinajstić information content (AvgIpc) is 2.33. The van der Waals surface area contributed by atoms with Crippen LogP contribution in [0.2, 0.25) is 10.0 Å². The number of hydrogen-bond acceptors (Lipinski definition) is 4. The molecule has 0 saturated carbocycles. The van der Waals surface area contributed by atoms with E-state index in [-0.39, 0.29) is 11.8 Å². The highest BCUT2D eigenvalue weighted by atomic mass is 35.5. The molecule has 0 fully saturated rings. The van der Waals surface area contributed by atoms with Gasteiger partial charge in [0.1, 0.15) is 17.3 Å². The number of aryl methyl sites for hydroxylation is 1. The molecule has 98 valence electrons. The number of benzene rings is 1. The van der Waals surface area contributed by atoms with Crippen LogP contribution in [-0.2, 0) is 0 Å². The van der Waals surface area contributed by atoms with Gasteiger partial charge in [0.05, 0.1) is 10.0 Å². The molecule has 0 aliphatic carbocycles. The Labute approximate surface area is 119 Å². The Kier molecular flexibility index (Phi) is 3.87. The molecule has 5 nitrogen and oxygen atoms in total. The number of amidine groups is 1. The lowest BCUT2D eigenvalue weighted by Gasteiger charge is -2.07. The number of aromatic nitrogens is 2. The highest BCUT2D eigenvalue weighted by Crippen LogP contribution is 2.28. The molecule has 7 heteroatoms. The summed E-state index contributed by atoms with van der Waals surface area (Å²) in [5.74, 6) is 0.305. The van der Waals surface area contributed by atoms with Crippen LogP contribution in [0.15, 0.2) is 24.3 Å². The number of nitrogens with zero attached hydrogens (tertiary/aromatic N) is 2. The van der Waals surface area contributed by atoms with Gasteiger partial charge in [0.25, 0.3) is 0 Å². The van der Waals surface area contributed by atoms with Crippen molar-refractivity contribution in [1.82, 2.24) is 9.97 Å². The molecule has 2 aromatic rings. The van der Waals surface area contributed by atoms with Crippen LogP contribution in [0.4, 0.5) is 0 Å². The zero-order valence-electron chi connectivity index (χ0n) is 9.95. The summed E-state index contributed by atoms with van der Waals surface area (Å²) < 4.78 is 5.47. The monoisotopic (exact) mass is 296 g/mol. The summed E-state index contributed by atoms with van der Waals surface area (Å²) in [6.45, 7) is 1.76. The largest absolute Gasteiger partial charge is 0.424 e. The third-order valence-electron chi connectivity index (χ3n) is 2.21. The van der Waals surface area contributed by atoms with Crippen molar-refractivity contribution >= 4 is 29.0 Å². The van der Waals surface area contributed by atoms with Gasteiger partial charge >= 0.3 is 6.01 Å². The highest BCUT2D eigenvalue weighted by molar-refractivity contribution is 6.42. The lowest BCUT2D eigenvalue weighted by Crippen LogP contribution is -2.14. The van der Waals surface area contributed by atoms with Gasteiger partial charge in [0.2, 0.25) is 0 Å². The van der Waals surface area contributed by atoms with E-state index >= 15 is 0 Å². The number of halogens is 2. The molecular weight excluding hydrogens is 287 g/mol. The molecule has 1 aromatic heterocycles. The zero-order valence-corrected chi connectivity index (χ0v) is 11.5. The summed E-state index contributed by atoms with van der Waals surface area (Å²) in [6, 6.07) is 6.52. The normalized spacial score (nSPS) is 10.3. The number of hydrogen-bond donors (Lipinski definition) is 2. The second-order valence-electron chi connectivity index (χ2n) is 3.77. The van der Waals surface area contributed by atoms with Crippen LogP contribution in [0.5, 0.6) is 11.8 Å². The van der Waals surface area contributed by atoms with E-state index in [4.69, 9.17) is 39.1 Å². The maximum atomic E-state index is 7.36. The van der Waals surface area contributed by atoms with E-state index in [1.165, 1.54) is 0 Å². The quantitative estimate of drug-likeness (QED) is 0.673. The number of ether oxygens (including phenoxy) is 1. The molecule has 1 aromatic carbocycles. The minimum atomic E-state index is -0.149. The summed E-state index contributed by atoms with van der Waals surface area (Å²) in [7, 11) is 0. The lowest BCUT2D eigenvalue weighted by atomic mass is 10.3. The summed E-state index contributed by atoms with van der Waals surface area (Å²) in [5, 5.41) is 8.17. The molecule has 0 unspecified atom stereocenters. The van der Waals surface area contributed by atoms with Crippen molar-refractivity contribution in [3.63, 3.8) is 0 Å². The summed E-state index contributed by atoms with van der Waals surface area (Å²) in [4.78, 5) is 8.12. The van der Waals surface area contributed by atoms with Crippen LogP contribution in [0, 0.1) is 12.3 Å². The van der Waals surface area contributed by atoms with Crippen molar-refractivity contribution in [2.75, 3.05) is 0 Å². The van der Waals surface area contributed by atoms with Gasteiger partial charge in [0.15, 0.2) is 0 Å². The predicted molar refractivity (Wildman–Crippen MR) is 74.3 cm³/mol. The molecule has 19 heavy (non-hydrogen) atoms. The van der Waals surface area contributed by atoms with Crippen molar-refractivity contribution in [1.29, 1.82) is 5.41 Å². The first-order valence-corrected chi connectivity index (χ1v) is 6.04. The van der Waals surface area contributed by atoms with Gasteiger partial charge in [-0.1, -0.05) is 23.2 Å². The first-order chi connectivity index (χ1) is 8.95. The van der Waals surface area contributed by atoms with E-state index in [0.717, 1.165) is 0 Å². The van der Waals surface area contributed by atoms with E-state index in [2.05, 4.69) is 9.97 Å². The van der Waals surface area contributed by atoms with Crippen molar-refractivity contribution in [2.24, 2.45) is 5.73 Å². The van der Waals surface area contributed by atoms with E-state index in [1.807, 2.05) is 0 Å². The molecule has 0 radical (unpaired) electrons. The van der Waals surface area contributed by atoms with E-state index in [0.29, 0.717) is 27.2 Å². The SMILES string of the molecule is Cc1cc(C(=N)N)nc(Oc2ccc(Cl)c(Cl)c2)n1. The molecule has 1 heterocycles. The number of nitrogens with two attached hydrogens (primary N) is 1. The van der Waals surface area contributed by atoms with Gasteiger partial charge < -0.3 is 10.5 Å². The fourth-order valence-electron chi connectivity index (χ4n) is 1.37. The first-order valence-electron chi connectivity index (χ1n) is 5.28. The Morgan fingerprint density at radius 3 is 2.58 bits per heavy atom. The number of rotatable bonds is 3. The Bertz CT molecular complexity index is 646. The minimum Gasteiger partial charge on any atom is -0.424 e. The second-order valence-corrected chi connectivity index (χ2v) is 4.58. The van der Waals surface area contributed by atoms with Crippen LogP contribution in [0.1, 0.15) is 11.4 Å². The van der Waals surface area contributed by atoms with Gasteiger partial charge in [0, 0.05) is 11.8 Å². The maximum absolute atomic E-state index is 7.36. The lowest BCUT2D eigenvalue weighted by molar-refractivity contribution is 0.440. The van der Waals surface area contributed by atoms with Crippen LogP contribution in [0.25, 0.3) is 0 Å². The van der Waals surface area contributed by atoms with Gasteiger partial charge in [-0.2, -0.15) is 4.98 Å². The van der Waals surface area contributed by atoms with Crippen molar-refractivity contribution in [2.45, 2.75) is 6.92 Å². The Balaban J connectivity index is 2.32. The van der Waals surface area contributed by atoms with Crippen molar-refractivity contribution < 1.29 is 4.74 Å². The molecule has 0 saturated heterocycles. The number of nitrogens with one attached hydrogen (secondary N) is 1. The van der Waals surface area contributed by atoms with Gasteiger partial charge in [-0.15, -0.1) is 0 Å². The van der Waals surface area contributed by atoms with E-state index in [9.17, 15) is 0 Å². The first kappa shape index (κ1) is 13.6. The molecule has 2 rings (SSSR count). The summed E-state index contributed by atoms with van der Waals surface area (Å²) in [6.07, 6.45) is 0.